The van der Waals surface area contributed by atoms with Crippen molar-refractivity contribution in [1.82, 2.24) is 4.98 Å². The quantitative estimate of drug-likeness (QED) is 0.918. The van der Waals surface area contributed by atoms with Crippen molar-refractivity contribution >= 4 is 27.3 Å². The van der Waals surface area contributed by atoms with Gasteiger partial charge in [-0.3, -0.25) is 4.98 Å². The average molecular weight is 284 g/mol. The predicted octanol–water partition coefficient (Wildman–Crippen LogP) is 3.30. The smallest absolute Gasteiger partial charge is 0.123 e. The molecule has 15 heavy (non-hydrogen) atoms. The minimum atomic E-state index is -0.648. The van der Waals surface area contributed by atoms with Crippen LogP contribution in [-0.2, 0) is 0 Å². The third-order valence-corrected chi connectivity index (χ3v) is 3.91. The second kappa shape index (κ2) is 4.43. The van der Waals surface area contributed by atoms with Gasteiger partial charge in [-0.1, -0.05) is 0 Å². The van der Waals surface area contributed by atoms with Crippen LogP contribution in [0.25, 0.3) is 0 Å². The van der Waals surface area contributed by atoms with E-state index in [1.165, 1.54) is 0 Å². The zero-order chi connectivity index (χ0) is 10.8. The van der Waals surface area contributed by atoms with Crippen LogP contribution in [0.1, 0.15) is 22.9 Å². The van der Waals surface area contributed by atoms with E-state index in [-0.39, 0.29) is 0 Å². The highest BCUT2D eigenvalue weighted by Gasteiger charge is 2.15. The molecule has 0 amide bonds. The number of aliphatic hydroxyl groups excluding tert-OH is 1. The number of thiophene rings is 1. The minimum absolute atomic E-state index is 0.648. The predicted molar refractivity (Wildman–Crippen MR) is 65.1 cm³/mol. The van der Waals surface area contributed by atoms with Gasteiger partial charge in [0.25, 0.3) is 0 Å². The molecule has 0 spiro atoms. The summed E-state index contributed by atoms with van der Waals surface area (Å²) < 4.78 is 0.934. The summed E-state index contributed by atoms with van der Waals surface area (Å²) >= 11 is 4.96. The summed E-state index contributed by atoms with van der Waals surface area (Å²) in [6, 6.07) is 3.81. The average Bonchev–Trinajstić information content (AvgIpc) is 2.63. The van der Waals surface area contributed by atoms with Crippen molar-refractivity contribution in [3.63, 3.8) is 0 Å². The second-order valence-electron chi connectivity index (χ2n) is 3.34. The van der Waals surface area contributed by atoms with Gasteiger partial charge in [0, 0.05) is 21.6 Å². The monoisotopic (exact) mass is 283 g/mol. The normalized spacial score (nSPS) is 12.7. The first-order valence-corrected chi connectivity index (χ1v) is 6.24. The number of hydrogen-bond acceptors (Lipinski definition) is 3. The molecule has 2 heterocycles. The zero-order valence-corrected chi connectivity index (χ0v) is 10.5. The number of nitrogens with zero attached hydrogens (tertiary/aromatic N) is 1. The first kappa shape index (κ1) is 10.8. The Hall–Kier alpha value is -0.710. The molecular weight excluding hydrogens is 274 g/mol. The molecule has 0 aliphatic rings. The fraction of sp³-hybridized carbons (Fsp3) is 0.182. The van der Waals surface area contributed by atoms with Gasteiger partial charge in [0.2, 0.25) is 0 Å². The lowest BCUT2D eigenvalue weighted by Gasteiger charge is -2.09. The Balaban J connectivity index is 2.36. The van der Waals surface area contributed by atoms with Gasteiger partial charge in [0.1, 0.15) is 6.10 Å². The van der Waals surface area contributed by atoms with Crippen molar-refractivity contribution in [2.75, 3.05) is 0 Å². The van der Waals surface area contributed by atoms with Crippen LogP contribution >= 0.6 is 27.3 Å². The lowest BCUT2D eigenvalue weighted by molar-refractivity contribution is 0.215. The van der Waals surface area contributed by atoms with Crippen molar-refractivity contribution in [2.45, 2.75) is 13.0 Å². The van der Waals surface area contributed by atoms with Gasteiger partial charge in [-0.15, -0.1) is 0 Å². The summed E-state index contributed by atoms with van der Waals surface area (Å²) in [5, 5.41) is 14.0. The highest BCUT2D eigenvalue weighted by Crippen LogP contribution is 2.30. The minimum Gasteiger partial charge on any atom is -0.382 e. The van der Waals surface area contributed by atoms with Gasteiger partial charge in [0.15, 0.2) is 0 Å². The van der Waals surface area contributed by atoms with Crippen molar-refractivity contribution < 1.29 is 5.11 Å². The lowest BCUT2D eigenvalue weighted by atomic mass is 10.1. The molecule has 0 aliphatic heterocycles. The van der Waals surface area contributed by atoms with Gasteiger partial charge < -0.3 is 5.11 Å². The molecule has 0 bridgehead atoms. The maximum atomic E-state index is 10.1. The highest BCUT2D eigenvalue weighted by molar-refractivity contribution is 9.10. The molecule has 0 aromatic carbocycles. The fourth-order valence-corrected chi connectivity index (χ4v) is 2.89. The van der Waals surface area contributed by atoms with Crippen LogP contribution in [0.3, 0.4) is 0 Å². The van der Waals surface area contributed by atoms with Gasteiger partial charge in [0.05, 0.1) is 5.69 Å². The molecule has 1 unspecified atom stereocenters. The third-order valence-electron chi connectivity index (χ3n) is 2.15. The lowest BCUT2D eigenvalue weighted by Crippen LogP contribution is -2.01. The summed E-state index contributed by atoms with van der Waals surface area (Å²) in [6.45, 7) is 1.99. The standard InChI is InChI=1S/C11H10BrNOS/c1-7-2-3-13-10(4-7)11(14)8-5-15-6-9(8)12/h2-6,11,14H,1H3. The molecule has 2 aromatic heterocycles. The van der Waals surface area contributed by atoms with Crippen LogP contribution in [0.5, 0.6) is 0 Å². The summed E-state index contributed by atoms with van der Waals surface area (Å²) in [5.41, 5.74) is 2.66. The Morgan fingerprint density at radius 3 is 2.87 bits per heavy atom. The summed E-state index contributed by atoms with van der Waals surface area (Å²) in [5.74, 6) is 0. The van der Waals surface area contributed by atoms with Gasteiger partial charge in [-0.25, -0.2) is 0 Å². The van der Waals surface area contributed by atoms with Crippen LogP contribution in [0.4, 0.5) is 0 Å². The van der Waals surface area contributed by atoms with Crippen LogP contribution < -0.4 is 0 Å². The summed E-state index contributed by atoms with van der Waals surface area (Å²) in [4.78, 5) is 4.17. The first-order valence-electron chi connectivity index (χ1n) is 4.50. The molecule has 2 rings (SSSR count). The van der Waals surface area contributed by atoms with Crippen molar-refractivity contribution in [3.05, 3.63) is 50.4 Å². The van der Waals surface area contributed by atoms with Crippen molar-refractivity contribution in [3.8, 4) is 0 Å². The highest BCUT2D eigenvalue weighted by atomic mass is 79.9. The molecule has 4 heteroatoms. The Morgan fingerprint density at radius 1 is 1.47 bits per heavy atom. The Labute approximate surface area is 101 Å². The SMILES string of the molecule is Cc1ccnc(C(O)c2cscc2Br)c1. The largest absolute Gasteiger partial charge is 0.382 e. The van der Waals surface area contributed by atoms with E-state index in [2.05, 4.69) is 20.9 Å². The molecule has 0 saturated carbocycles. The number of aryl methyl sites for hydroxylation is 1. The number of hydrogen-bond donors (Lipinski definition) is 1. The molecule has 0 aliphatic carbocycles. The van der Waals surface area contributed by atoms with E-state index in [1.807, 2.05) is 29.8 Å². The van der Waals surface area contributed by atoms with E-state index in [0.717, 1.165) is 15.6 Å². The molecule has 0 saturated heterocycles. The number of rotatable bonds is 2. The molecule has 1 atom stereocenters. The van der Waals surface area contributed by atoms with Crippen molar-refractivity contribution in [2.24, 2.45) is 0 Å². The maximum absolute atomic E-state index is 10.1. The van der Waals surface area contributed by atoms with Gasteiger partial charge in [-0.2, -0.15) is 11.3 Å². The second-order valence-corrected chi connectivity index (χ2v) is 4.93. The van der Waals surface area contributed by atoms with E-state index in [9.17, 15) is 5.11 Å². The van der Waals surface area contributed by atoms with E-state index in [1.54, 1.807) is 17.5 Å². The Bertz CT molecular complexity index is 469. The molecule has 2 aromatic rings. The van der Waals surface area contributed by atoms with Gasteiger partial charge >= 0.3 is 0 Å². The Morgan fingerprint density at radius 2 is 2.27 bits per heavy atom. The third kappa shape index (κ3) is 2.27. The number of aliphatic hydroxyl groups is 1. The van der Waals surface area contributed by atoms with Gasteiger partial charge in [-0.05, 0) is 45.9 Å². The molecule has 1 N–H and O–H groups in total. The van der Waals surface area contributed by atoms with Crippen molar-refractivity contribution in [1.29, 1.82) is 0 Å². The van der Waals surface area contributed by atoms with Crippen LogP contribution in [0.2, 0.25) is 0 Å². The molecule has 0 fully saturated rings. The fourth-order valence-electron chi connectivity index (χ4n) is 1.35. The molecule has 2 nitrogen and oxygen atoms in total. The number of halogens is 1. The van der Waals surface area contributed by atoms with E-state index >= 15 is 0 Å². The molecular formula is C11H10BrNOS. The molecule has 78 valence electrons. The van der Waals surface area contributed by atoms with E-state index in [0.29, 0.717) is 5.69 Å². The van der Waals surface area contributed by atoms with E-state index in [4.69, 9.17) is 0 Å². The maximum Gasteiger partial charge on any atom is 0.123 e. The topological polar surface area (TPSA) is 33.1 Å². The first-order chi connectivity index (χ1) is 7.18. The number of pyridine rings is 1. The molecule has 0 radical (unpaired) electrons. The van der Waals surface area contributed by atoms with Crippen LogP contribution in [0, 0.1) is 6.92 Å². The Kier molecular flexibility index (Phi) is 3.19. The zero-order valence-electron chi connectivity index (χ0n) is 8.14. The van der Waals surface area contributed by atoms with E-state index < -0.39 is 6.10 Å². The number of aromatic nitrogens is 1. The van der Waals surface area contributed by atoms with Crippen LogP contribution in [0.15, 0.2) is 33.6 Å². The summed E-state index contributed by atoms with van der Waals surface area (Å²) in [6.07, 6.45) is 1.07. The van der Waals surface area contributed by atoms with Crippen LogP contribution in [-0.4, -0.2) is 10.1 Å². The summed E-state index contributed by atoms with van der Waals surface area (Å²) in [7, 11) is 0.